The molecule has 1 heterocycles. The fraction of sp³-hybridized carbons (Fsp3) is 0.455. The maximum atomic E-state index is 5.45. The van der Waals surface area contributed by atoms with E-state index < -0.39 is 0 Å². The Hall–Kier alpha value is -0.795. The van der Waals surface area contributed by atoms with Gasteiger partial charge in [0.15, 0.2) is 0 Å². The molecule has 0 bridgehead atoms. The molecule has 1 saturated heterocycles. The second-order valence-electron chi connectivity index (χ2n) is 3.90. The van der Waals surface area contributed by atoms with Crippen LogP contribution < -0.4 is 5.46 Å². The van der Waals surface area contributed by atoms with Crippen molar-refractivity contribution >= 4 is 12.6 Å². The fourth-order valence-corrected chi connectivity index (χ4v) is 1.62. The Labute approximate surface area is 85.4 Å². The number of hydrogen-bond donors (Lipinski definition) is 0. The van der Waals surface area contributed by atoms with E-state index in [-0.39, 0.29) is 7.12 Å². The molecule has 1 aliphatic heterocycles. The Kier molecular flexibility index (Phi) is 2.89. The molecule has 1 aromatic rings. The highest BCUT2D eigenvalue weighted by molar-refractivity contribution is 6.61. The minimum atomic E-state index is -0.145. The lowest BCUT2D eigenvalue weighted by molar-refractivity contribution is 0.365. The van der Waals surface area contributed by atoms with E-state index >= 15 is 0 Å². The predicted octanol–water partition coefficient (Wildman–Crippen LogP) is 1.55. The molecular formula is C11H15BO2. The number of benzene rings is 1. The van der Waals surface area contributed by atoms with Crippen LogP contribution in [0.15, 0.2) is 24.3 Å². The first-order valence-electron chi connectivity index (χ1n) is 5.10. The zero-order valence-electron chi connectivity index (χ0n) is 8.69. The molecule has 0 atom stereocenters. The van der Waals surface area contributed by atoms with E-state index in [4.69, 9.17) is 9.31 Å². The molecule has 0 aliphatic carbocycles. The van der Waals surface area contributed by atoms with Crippen molar-refractivity contribution in [3.8, 4) is 0 Å². The maximum absolute atomic E-state index is 5.45. The van der Waals surface area contributed by atoms with E-state index in [1.54, 1.807) is 0 Å². The molecule has 0 aromatic heterocycles. The van der Waals surface area contributed by atoms with Crippen molar-refractivity contribution in [1.82, 2.24) is 0 Å². The van der Waals surface area contributed by atoms with Gasteiger partial charge in [-0.15, -0.1) is 0 Å². The van der Waals surface area contributed by atoms with Gasteiger partial charge in [-0.2, -0.15) is 0 Å². The molecule has 0 saturated carbocycles. The van der Waals surface area contributed by atoms with Crippen molar-refractivity contribution in [2.24, 2.45) is 0 Å². The molecule has 2 rings (SSSR count). The molecule has 0 N–H and O–H groups in total. The third-order valence-electron chi connectivity index (χ3n) is 2.47. The van der Waals surface area contributed by atoms with Gasteiger partial charge in [-0.25, -0.2) is 0 Å². The van der Waals surface area contributed by atoms with E-state index in [9.17, 15) is 0 Å². The Balaban J connectivity index is 2.21. The van der Waals surface area contributed by atoms with Crippen LogP contribution in [0.4, 0.5) is 0 Å². The Morgan fingerprint density at radius 3 is 2.57 bits per heavy atom. The molecule has 0 spiro atoms. The summed E-state index contributed by atoms with van der Waals surface area (Å²) in [7, 11) is -0.145. The molecule has 0 amide bonds. The second kappa shape index (κ2) is 4.15. The third-order valence-corrected chi connectivity index (χ3v) is 2.47. The van der Waals surface area contributed by atoms with Crippen LogP contribution in [0, 0.1) is 0 Å². The van der Waals surface area contributed by atoms with Crippen molar-refractivity contribution in [3.05, 3.63) is 29.8 Å². The van der Waals surface area contributed by atoms with Gasteiger partial charge in [-0.1, -0.05) is 38.1 Å². The second-order valence-corrected chi connectivity index (χ2v) is 3.90. The predicted molar refractivity (Wildman–Crippen MR) is 57.8 cm³/mol. The van der Waals surface area contributed by atoms with Crippen molar-refractivity contribution in [1.29, 1.82) is 0 Å². The normalized spacial score (nSPS) is 16.6. The summed E-state index contributed by atoms with van der Waals surface area (Å²) in [5.41, 5.74) is 2.47. The molecule has 1 aliphatic rings. The van der Waals surface area contributed by atoms with E-state index in [1.807, 2.05) is 0 Å². The van der Waals surface area contributed by atoms with Crippen molar-refractivity contribution in [2.45, 2.75) is 19.8 Å². The average Bonchev–Trinajstić information content (AvgIpc) is 2.71. The van der Waals surface area contributed by atoms with Crippen molar-refractivity contribution in [3.63, 3.8) is 0 Å². The van der Waals surface area contributed by atoms with Crippen LogP contribution in [0.5, 0.6) is 0 Å². The molecule has 14 heavy (non-hydrogen) atoms. The van der Waals surface area contributed by atoms with Crippen LogP contribution in [-0.4, -0.2) is 20.3 Å². The fourth-order valence-electron chi connectivity index (χ4n) is 1.62. The zero-order chi connectivity index (χ0) is 9.97. The summed E-state index contributed by atoms with van der Waals surface area (Å²) in [5.74, 6) is 0.552. The van der Waals surface area contributed by atoms with E-state index in [0.29, 0.717) is 19.1 Å². The van der Waals surface area contributed by atoms with Crippen LogP contribution in [0.2, 0.25) is 0 Å². The number of rotatable bonds is 2. The summed E-state index contributed by atoms with van der Waals surface area (Å²) < 4.78 is 10.9. The highest BCUT2D eigenvalue weighted by Gasteiger charge is 2.26. The summed E-state index contributed by atoms with van der Waals surface area (Å²) in [6.45, 7) is 5.79. The van der Waals surface area contributed by atoms with Crippen LogP contribution in [0.3, 0.4) is 0 Å². The minimum Gasteiger partial charge on any atom is -0.405 e. The third kappa shape index (κ3) is 1.99. The molecule has 0 unspecified atom stereocenters. The smallest absolute Gasteiger partial charge is 0.405 e. The lowest BCUT2D eigenvalue weighted by atomic mass is 9.78. The molecule has 3 heteroatoms. The molecule has 1 aromatic carbocycles. The summed E-state index contributed by atoms with van der Waals surface area (Å²) in [6.07, 6.45) is 0. The van der Waals surface area contributed by atoms with Crippen LogP contribution in [-0.2, 0) is 9.31 Å². The standard InChI is InChI=1S/C11H15BO2/c1-9(2)10-4-3-5-11(8-10)12-13-6-7-14-12/h3-5,8-9H,6-7H2,1-2H3. The van der Waals surface area contributed by atoms with Crippen molar-refractivity contribution < 1.29 is 9.31 Å². The zero-order valence-corrected chi connectivity index (χ0v) is 8.69. The summed E-state index contributed by atoms with van der Waals surface area (Å²) in [6, 6.07) is 8.43. The minimum absolute atomic E-state index is 0.145. The van der Waals surface area contributed by atoms with Crippen LogP contribution in [0.1, 0.15) is 25.3 Å². The van der Waals surface area contributed by atoms with Gasteiger partial charge >= 0.3 is 7.12 Å². The number of hydrogen-bond acceptors (Lipinski definition) is 2. The average molecular weight is 190 g/mol. The van der Waals surface area contributed by atoms with E-state index in [2.05, 4.69) is 38.1 Å². The van der Waals surface area contributed by atoms with Gasteiger partial charge in [0.25, 0.3) is 0 Å². The molecule has 1 fully saturated rings. The summed E-state index contributed by atoms with van der Waals surface area (Å²) >= 11 is 0. The van der Waals surface area contributed by atoms with Gasteiger partial charge in [0.05, 0.1) is 13.2 Å². The van der Waals surface area contributed by atoms with Gasteiger partial charge in [-0.3, -0.25) is 0 Å². The lowest BCUT2D eigenvalue weighted by Crippen LogP contribution is -2.31. The van der Waals surface area contributed by atoms with Crippen LogP contribution >= 0.6 is 0 Å². The molecule has 74 valence electrons. The van der Waals surface area contributed by atoms with E-state index in [1.165, 1.54) is 5.56 Å². The lowest BCUT2D eigenvalue weighted by Gasteiger charge is -2.09. The topological polar surface area (TPSA) is 18.5 Å². The van der Waals surface area contributed by atoms with Crippen molar-refractivity contribution in [2.75, 3.05) is 13.2 Å². The summed E-state index contributed by atoms with van der Waals surface area (Å²) in [5, 5.41) is 0. The quantitative estimate of drug-likeness (QED) is 0.658. The monoisotopic (exact) mass is 190 g/mol. The Bertz CT molecular complexity index is 306. The Morgan fingerprint density at radius 2 is 1.93 bits per heavy atom. The molecule has 0 radical (unpaired) electrons. The first-order valence-corrected chi connectivity index (χ1v) is 5.10. The van der Waals surface area contributed by atoms with Gasteiger partial charge in [-0.05, 0) is 16.9 Å². The van der Waals surface area contributed by atoms with E-state index in [0.717, 1.165) is 5.46 Å². The van der Waals surface area contributed by atoms with Gasteiger partial charge < -0.3 is 9.31 Å². The SMILES string of the molecule is CC(C)c1cccc(B2OCCO2)c1. The maximum Gasteiger partial charge on any atom is 0.494 e. The summed E-state index contributed by atoms with van der Waals surface area (Å²) in [4.78, 5) is 0. The highest BCUT2D eigenvalue weighted by Crippen LogP contribution is 2.12. The first-order chi connectivity index (χ1) is 6.77. The van der Waals surface area contributed by atoms with Gasteiger partial charge in [0.1, 0.15) is 0 Å². The molecular weight excluding hydrogens is 175 g/mol. The Morgan fingerprint density at radius 1 is 1.21 bits per heavy atom. The largest absolute Gasteiger partial charge is 0.494 e. The first kappa shape index (κ1) is 9.75. The van der Waals surface area contributed by atoms with Gasteiger partial charge in [0.2, 0.25) is 0 Å². The van der Waals surface area contributed by atoms with Gasteiger partial charge in [0, 0.05) is 0 Å². The van der Waals surface area contributed by atoms with Crippen LogP contribution in [0.25, 0.3) is 0 Å². The highest BCUT2D eigenvalue weighted by atomic mass is 16.6. The molecule has 2 nitrogen and oxygen atoms in total.